The lowest BCUT2D eigenvalue weighted by atomic mass is 9.96. The summed E-state index contributed by atoms with van der Waals surface area (Å²) in [6, 6.07) is 0. The second-order valence-corrected chi connectivity index (χ2v) is 5.94. The van der Waals surface area contributed by atoms with Gasteiger partial charge in [0.2, 0.25) is 5.91 Å². The van der Waals surface area contributed by atoms with Gasteiger partial charge in [0.25, 0.3) is 5.91 Å². The van der Waals surface area contributed by atoms with Crippen LogP contribution in [0.3, 0.4) is 0 Å². The summed E-state index contributed by atoms with van der Waals surface area (Å²) in [4.78, 5) is 25.5. The summed E-state index contributed by atoms with van der Waals surface area (Å²) in [5.74, 6) is -0.233. The maximum absolute atomic E-state index is 12.5. The number of ether oxygens (including phenoxy) is 1. The Morgan fingerprint density at radius 2 is 1.80 bits per heavy atom. The molecule has 20 heavy (non-hydrogen) atoms. The Morgan fingerprint density at radius 1 is 1.20 bits per heavy atom. The fourth-order valence-corrected chi connectivity index (χ4v) is 3.17. The van der Waals surface area contributed by atoms with E-state index >= 15 is 0 Å². The third kappa shape index (κ3) is 3.72. The number of piperidine rings is 1. The van der Waals surface area contributed by atoms with Gasteiger partial charge < -0.3 is 15.4 Å². The monoisotopic (exact) mass is 282 g/mol. The summed E-state index contributed by atoms with van der Waals surface area (Å²) >= 11 is 0. The zero-order valence-electron chi connectivity index (χ0n) is 12.3. The van der Waals surface area contributed by atoms with Crippen LogP contribution in [0.15, 0.2) is 0 Å². The van der Waals surface area contributed by atoms with Crippen molar-refractivity contribution in [3.63, 3.8) is 0 Å². The van der Waals surface area contributed by atoms with Crippen molar-refractivity contribution in [2.24, 2.45) is 11.7 Å². The van der Waals surface area contributed by atoms with Crippen molar-refractivity contribution < 1.29 is 14.3 Å². The van der Waals surface area contributed by atoms with E-state index in [-0.39, 0.29) is 29.9 Å². The molecule has 1 heterocycles. The Morgan fingerprint density at radius 3 is 2.30 bits per heavy atom. The van der Waals surface area contributed by atoms with Gasteiger partial charge in [0.1, 0.15) is 6.10 Å². The SMILES string of the molecule is CCC(OC1CCCC1)C(=O)N1CCC(C(N)=O)CC1. The largest absolute Gasteiger partial charge is 0.369 e. The first-order valence-electron chi connectivity index (χ1n) is 7.85. The summed E-state index contributed by atoms with van der Waals surface area (Å²) in [6.07, 6.45) is 6.59. The average molecular weight is 282 g/mol. The second kappa shape index (κ2) is 7.07. The van der Waals surface area contributed by atoms with Gasteiger partial charge in [-0.3, -0.25) is 9.59 Å². The van der Waals surface area contributed by atoms with Crippen molar-refractivity contribution in [2.75, 3.05) is 13.1 Å². The van der Waals surface area contributed by atoms with Gasteiger partial charge in [-0.05, 0) is 32.1 Å². The molecule has 0 spiro atoms. The van der Waals surface area contributed by atoms with Gasteiger partial charge in [-0.25, -0.2) is 0 Å². The maximum Gasteiger partial charge on any atom is 0.251 e. The molecule has 0 aromatic carbocycles. The minimum atomic E-state index is -0.316. The molecule has 1 aliphatic heterocycles. The Bertz CT molecular complexity index is 345. The number of nitrogens with zero attached hydrogens (tertiary/aromatic N) is 1. The number of hydrogen-bond acceptors (Lipinski definition) is 3. The van der Waals surface area contributed by atoms with Crippen molar-refractivity contribution in [1.29, 1.82) is 0 Å². The number of carbonyl (C=O) groups excluding carboxylic acids is 2. The van der Waals surface area contributed by atoms with Crippen molar-refractivity contribution in [1.82, 2.24) is 4.90 Å². The fraction of sp³-hybridized carbons (Fsp3) is 0.867. The Hall–Kier alpha value is -1.10. The number of hydrogen-bond donors (Lipinski definition) is 1. The summed E-state index contributed by atoms with van der Waals surface area (Å²) < 4.78 is 5.97. The molecule has 2 rings (SSSR count). The third-order valence-corrected chi connectivity index (χ3v) is 4.51. The van der Waals surface area contributed by atoms with Gasteiger partial charge >= 0.3 is 0 Å². The minimum Gasteiger partial charge on any atom is -0.369 e. The van der Waals surface area contributed by atoms with E-state index in [1.165, 1.54) is 12.8 Å². The number of amides is 2. The van der Waals surface area contributed by atoms with E-state index in [1.807, 2.05) is 11.8 Å². The van der Waals surface area contributed by atoms with E-state index in [9.17, 15) is 9.59 Å². The number of rotatable bonds is 5. The van der Waals surface area contributed by atoms with Crippen LogP contribution < -0.4 is 5.73 Å². The smallest absolute Gasteiger partial charge is 0.251 e. The van der Waals surface area contributed by atoms with Gasteiger partial charge in [0, 0.05) is 19.0 Å². The number of likely N-dealkylation sites (tertiary alicyclic amines) is 1. The fourth-order valence-electron chi connectivity index (χ4n) is 3.17. The summed E-state index contributed by atoms with van der Waals surface area (Å²) in [6.45, 7) is 3.24. The normalized spacial score (nSPS) is 22.9. The standard InChI is InChI=1S/C15H26N2O3/c1-2-13(20-12-5-3-4-6-12)15(19)17-9-7-11(8-10-17)14(16)18/h11-13H,2-10H2,1H3,(H2,16,18). The van der Waals surface area contributed by atoms with Crippen LogP contribution >= 0.6 is 0 Å². The first-order valence-corrected chi connectivity index (χ1v) is 7.85. The van der Waals surface area contributed by atoms with E-state index in [0.717, 1.165) is 12.8 Å². The topological polar surface area (TPSA) is 72.6 Å². The summed E-state index contributed by atoms with van der Waals surface area (Å²) in [5.41, 5.74) is 5.32. The molecule has 5 heteroatoms. The number of primary amides is 1. The molecule has 1 atom stereocenters. The van der Waals surface area contributed by atoms with E-state index in [4.69, 9.17) is 10.5 Å². The third-order valence-electron chi connectivity index (χ3n) is 4.51. The van der Waals surface area contributed by atoms with Gasteiger partial charge in [-0.2, -0.15) is 0 Å². The molecular formula is C15H26N2O3. The van der Waals surface area contributed by atoms with Gasteiger partial charge in [-0.1, -0.05) is 19.8 Å². The van der Waals surface area contributed by atoms with Crippen LogP contribution in [-0.4, -0.2) is 42.0 Å². The molecule has 2 amide bonds. The van der Waals surface area contributed by atoms with Crippen LogP contribution in [0.25, 0.3) is 0 Å². The summed E-state index contributed by atoms with van der Waals surface area (Å²) in [7, 11) is 0. The Labute approximate surface area is 120 Å². The van der Waals surface area contributed by atoms with Gasteiger partial charge in [-0.15, -0.1) is 0 Å². The molecular weight excluding hydrogens is 256 g/mol. The highest BCUT2D eigenvalue weighted by Crippen LogP contribution is 2.24. The van der Waals surface area contributed by atoms with E-state index in [1.54, 1.807) is 0 Å². The molecule has 0 aromatic rings. The van der Waals surface area contributed by atoms with Crippen molar-refractivity contribution in [3.8, 4) is 0 Å². The molecule has 114 valence electrons. The van der Waals surface area contributed by atoms with E-state index in [2.05, 4.69) is 0 Å². The predicted molar refractivity (Wildman–Crippen MR) is 75.9 cm³/mol. The Balaban J connectivity index is 1.84. The molecule has 5 nitrogen and oxygen atoms in total. The van der Waals surface area contributed by atoms with E-state index < -0.39 is 0 Å². The van der Waals surface area contributed by atoms with Crippen LogP contribution in [0, 0.1) is 5.92 Å². The first-order chi connectivity index (χ1) is 9.61. The zero-order valence-corrected chi connectivity index (χ0v) is 12.3. The molecule has 0 radical (unpaired) electrons. The van der Waals surface area contributed by atoms with Crippen LogP contribution in [0.2, 0.25) is 0 Å². The highest BCUT2D eigenvalue weighted by atomic mass is 16.5. The molecule has 2 fully saturated rings. The van der Waals surface area contributed by atoms with Crippen LogP contribution in [0.1, 0.15) is 51.9 Å². The minimum absolute atomic E-state index is 0.0742. The Kier molecular flexibility index (Phi) is 5.40. The zero-order chi connectivity index (χ0) is 14.5. The van der Waals surface area contributed by atoms with Crippen molar-refractivity contribution >= 4 is 11.8 Å². The molecule has 1 saturated heterocycles. The lowest BCUT2D eigenvalue weighted by Gasteiger charge is -2.33. The molecule has 1 saturated carbocycles. The van der Waals surface area contributed by atoms with Crippen LogP contribution in [0.4, 0.5) is 0 Å². The lowest BCUT2D eigenvalue weighted by Crippen LogP contribution is -2.47. The molecule has 0 bridgehead atoms. The highest BCUT2D eigenvalue weighted by Gasteiger charge is 2.31. The molecule has 2 N–H and O–H groups in total. The molecule has 2 aliphatic rings. The number of nitrogens with two attached hydrogens (primary N) is 1. The van der Waals surface area contributed by atoms with Crippen LogP contribution in [0.5, 0.6) is 0 Å². The predicted octanol–water partition coefficient (Wildman–Crippen LogP) is 1.45. The molecule has 1 unspecified atom stereocenters. The second-order valence-electron chi connectivity index (χ2n) is 5.94. The lowest BCUT2D eigenvalue weighted by molar-refractivity contribution is -0.150. The van der Waals surface area contributed by atoms with Crippen molar-refractivity contribution in [2.45, 2.75) is 64.1 Å². The molecule has 0 aromatic heterocycles. The molecule has 1 aliphatic carbocycles. The average Bonchev–Trinajstić information content (AvgIpc) is 2.97. The van der Waals surface area contributed by atoms with Gasteiger partial charge in [0.05, 0.1) is 6.10 Å². The van der Waals surface area contributed by atoms with Gasteiger partial charge in [0.15, 0.2) is 0 Å². The first kappa shape index (κ1) is 15.3. The maximum atomic E-state index is 12.5. The quantitative estimate of drug-likeness (QED) is 0.829. The van der Waals surface area contributed by atoms with Crippen LogP contribution in [-0.2, 0) is 14.3 Å². The van der Waals surface area contributed by atoms with Crippen molar-refractivity contribution in [3.05, 3.63) is 0 Å². The number of carbonyl (C=O) groups is 2. The summed E-state index contributed by atoms with van der Waals surface area (Å²) in [5, 5.41) is 0. The highest BCUT2D eigenvalue weighted by molar-refractivity contribution is 5.82. The van der Waals surface area contributed by atoms with E-state index in [0.29, 0.717) is 32.4 Å².